The van der Waals surface area contributed by atoms with Gasteiger partial charge in [-0.25, -0.2) is 0 Å². The van der Waals surface area contributed by atoms with E-state index in [1.165, 1.54) is 0 Å². The summed E-state index contributed by atoms with van der Waals surface area (Å²) in [5, 5.41) is 0. The van der Waals surface area contributed by atoms with E-state index in [4.69, 9.17) is 17.0 Å². The number of fused-ring (bicyclic) bond motifs is 1. The van der Waals surface area contributed by atoms with E-state index in [0.29, 0.717) is 6.61 Å². The van der Waals surface area contributed by atoms with Crippen LogP contribution in [0.4, 0.5) is 0 Å². The van der Waals surface area contributed by atoms with Crippen LogP contribution in [-0.4, -0.2) is 41.7 Å². The molecule has 0 bridgehead atoms. The lowest BCUT2D eigenvalue weighted by Crippen LogP contribution is -2.15. The molecule has 0 fully saturated rings. The van der Waals surface area contributed by atoms with Crippen molar-refractivity contribution in [2.24, 2.45) is 0 Å². The molecule has 1 N–H and O–H groups in total. The minimum Gasteiger partial charge on any atom is -0.492 e. The first-order valence-electron chi connectivity index (χ1n) is 6.62. The molecule has 19 heavy (non-hydrogen) atoms. The molecule has 1 aromatic carbocycles. The summed E-state index contributed by atoms with van der Waals surface area (Å²) >= 11 is 5.41. The van der Waals surface area contributed by atoms with E-state index < -0.39 is 0 Å². The number of aromatic amines is 1. The van der Waals surface area contributed by atoms with Crippen molar-refractivity contribution in [3.05, 3.63) is 23.0 Å². The molecular formula is C14H21N3OS. The summed E-state index contributed by atoms with van der Waals surface area (Å²) in [6.45, 7) is 4.62. The standard InChI is InChI=1S/C14H21N3OS/c1-4-18-12-8-5-7-11-13(12)15-14(19)17(11)10-6-9-16(2)3/h5,7-8H,4,6,9-10H2,1-3H3,(H,15,19). The SMILES string of the molecule is CCOc1cccc2c1[nH]c(=S)n2CCCN(C)C. The van der Waals surface area contributed by atoms with Gasteiger partial charge in [-0.1, -0.05) is 6.07 Å². The van der Waals surface area contributed by atoms with Gasteiger partial charge in [0, 0.05) is 6.54 Å². The number of nitrogens with zero attached hydrogens (tertiary/aromatic N) is 2. The Morgan fingerprint density at radius 1 is 1.37 bits per heavy atom. The second-order valence-electron chi connectivity index (χ2n) is 4.82. The summed E-state index contributed by atoms with van der Waals surface area (Å²) in [5.74, 6) is 0.873. The van der Waals surface area contributed by atoms with Crippen molar-refractivity contribution in [1.82, 2.24) is 14.5 Å². The molecule has 1 aromatic heterocycles. The highest BCUT2D eigenvalue weighted by molar-refractivity contribution is 7.71. The number of imidazole rings is 1. The Balaban J connectivity index is 2.31. The molecule has 0 spiro atoms. The molecule has 4 nitrogen and oxygen atoms in total. The third-order valence-corrected chi connectivity index (χ3v) is 3.38. The molecule has 0 unspecified atom stereocenters. The van der Waals surface area contributed by atoms with Crippen LogP contribution in [0.25, 0.3) is 11.0 Å². The van der Waals surface area contributed by atoms with Crippen LogP contribution in [0.5, 0.6) is 5.75 Å². The lowest BCUT2D eigenvalue weighted by atomic mass is 10.3. The Kier molecular flexibility index (Phi) is 4.61. The highest BCUT2D eigenvalue weighted by Gasteiger charge is 2.08. The van der Waals surface area contributed by atoms with Gasteiger partial charge in [-0.3, -0.25) is 0 Å². The van der Waals surface area contributed by atoms with Crippen molar-refractivity contribution in [3.8, 4) is 5.75 Å². The van der Waals surface area contributed by atoms with Gasteiger partial charge in [0.2, 0.25) is 0 Å². The molecular weight excluding hydrogens is 258 g/mol. The summed E-state index contributed by atoms with van der Waals surface area (Å²) in [6.07, 6.45) is 1.08. The Bertz CT molecular complexity index is 600. The molecule has 0 aliphatic rings. The Morgan fingerprint density at radius 3 is 2.84 bits per heavy atom. The van der Waals surface area contributed by atoms with Gasteiger partial charge in [0.05, 0.1) is 12.1 Å². The number of ether oxygens (including phenoxy) is 1. The van der Waals surface area contributed by atoms with E-state index in [9.17, 15) is 0 Å². The monoisotopic (exact) mass is 279 g/mol. The maximum Gasteiger partial charge on any atom is 0.178 e. The van der Waals surface area contributed by atoms with Crippen LogP contribution in [0.1, 0.15) is 13.3 Å². The van der Waals surface area contributed by atoms with Gasteiger partial charge in [0.25, 0.3) is 0 Å². The normalized spacial score (nSPS) is 11.4. The zero-order chi connectivity index (χ0) is 13.8. The molecule has 0 saturated carbocycles. The molecule has 0 amide bonds. The summed E-state index contributed by atoms with van der Waals surface area (Å²) in [5.41, 5.74) is 2.12. The van der Waals surface area contributed by atoms with E-state index in [2.05, 4.69) is 34.6 Å². The van der Waals surface area contributed by atoms with E-state index in [0.717, 1.165) is 41.1 Å². The predicted octanol–water partition coefficient (Wildman–Crippen LogP) is 3.05. The number of para-hydroxylation sites is 1. The van der Waals surface area contributed by atoms with Gasteiger partial charge >= 0.3 is 0 Å². The first kappa shape index (κ1) is 14.1. The first-order valence-corrected chi connectivity index (χ1v) is 7.03. The van der Waals surface area contributed by atoms with Crippen LogP contribution in [0.3, 0.4) is 0 Å². The number of aryl methyl sites for hydroxylation is 1. The molecule has 0 aliphatic carbocycles. The number of nitrogens with one attached hydrogen (secondary N) is 1. The van der Waals surface area contributed by atoms with Crippen molar-refractivity contribution in [2.45, 2.75) is 19.9 Å². The third-order valence-electron chi connectivity index (χ3n) is 3.06. The molecule has 1 heterocycles. The third kappa shape index (κ3) is 3.16. The van der Waals surface area contributed by atoms with Crippen LogP contribution < -0.4 is 4.74 Å². The quantitative estimate of drug-likeness (QED) is 0.825. The minimum atomic E-state index is 0.658. The average Bonchev–Trinajstić information content (AvgIpc) is 2.67. The highest BCUT2D eigenvalue weighted by Crippen LogP contribution is 2.25. The van der Waals surface area contributed by atoms with Crippen molar-refractivity contribution in [2.75, 3.05) is 27.2 Å². The molecule has 0 aliphatic heterocycles. The fourth-order valence-corrected chi connectivity index (χ4v) is 2.49. The number of hydrogen-bond acceptors (Lipinski definition) is 3. The van der Waals surface area contributed by atoms with Crippen molar-refractivity contribution >= 4 is 23.3 Å². The summed E-state index contributed by atoms with van der Waals surface area (Å²) in [6, 6.07) is 6.07. The van der Waals surface area contributed by atoms with Gasteiger partial charge in [-0.2, -0.15) is 0 Å². The van der Waals surface area contributed by atoms with Gasteiger partial charge in [0.15, 0.2) is 4.77 Å². The molecule has 0 radical (unpaired) electrons. The zero-order valence-corrected chi connectivity index (χ0v) is 12.6. The number of aromatic nitrogens is 2. The topological polar surface area (TPSA) is 33.2 Å². The van der Waals surface area contributed by atoms with Crippen LogP contribution in [0, 0.1) is 4.77 Å². The Hall–Kier alpha value is -1.33. The van der Waals surface area contributed by atoms with E-state index in [1.807, 2.05) is 19.1 Å². The summed E-state index contributed by atoms with van der Waals surface area (Å²) in [7, 11) is 4.17. The van der Waals surface area contributed by atoms with Gasteiger partial charge in [-0.05, 0) is 58.3 Å². The average molecular weight is 279 g/mol. The Labute approximate surface area is 119 Å². The smallest absolute Gasteiger partial charge is 0.178 e. The van der Waals surface area contributed by atoms with Crippen LogP contribution >= 0.6 is 12.2 Å². The van der Waals surface area contributed by atoms with Gasteiger partial charge < -0.3 is 19.2 Å². The fraction of sp³-hybridized carbons (Fsp3) is 0.500. The molecule has 2 rings (SSSR count). The lowest BCUT2D eigenvalue weighted by Gasteiger charge is -2.10. The summed E-state index contributed by atoms with van der Waals surface area (Å²) in [4.78, 5) is 5.44. The first-order chi connectivity index (χ1) is 9.13. The molecule has 2 aromatic rings. The highest BCUT2D eigenvalue weighted by atomic mass is 32.1. The van der Waals surface area contributed by atoms with Crippen LogP contribution in [-0.2, 0) is 6.54 Å². The van der Waals surface area contributed by atoms with Gasteiger partial charge in [0.1, 0.15) is 11.3 Å². The largest absolute Gasteiger partial charge is 0.492 e. The number of hydrogen-bond donors (Lipinski definition) is 1. The number of benzene rings is 1. The second-order valence-corrected chi connectivity index (χ2v) is 5.21. The maximum absolute atomic E-state index is 5.63. The molecule has 0 atom stereocenters. The number of H-pyrrole nitrogens is 1. The van der Waals surface area contributed by atoms with Gasteiger partial charge in [-0.15, -0.1) is 0 Å². The molecule has 0 saturated heterocycles. The van der Waals surface area contributed by atoms with Crippen molar-refractivity contribution < 1.29 is 4.74 Å². The van der Waals surface area contributed by atoms with Crippen molar-refractivity contribution in [1.29, 1.82) is 0 Å². The molecule has 5 heteroatoms. The van der Waals surface area contributed by atoms with Crippen molar-refractivity contribution in [3.63, 3.8) is 0 Å². The summed E-state index contributed by atoms with van der Waals surface area (Å²) < 4.78 is 8.55. The van der Waals surface area contributed by atoms with E-state index in [1.54, 1.807) is 0 Å². The van der Waals surface area contributed by atoms with Crippen LogP contribution in [0.15, 0.2) is 18.2 Å². The second kappa shape index (κ2) is 6.21. The lowest BCUT2D eigenvalue weighted by molar-refractivity contribution is 0.343. The van der Waals surface area contributed by atoms with Crippen LogP contribution in [0.2, 0.25) is 0 Å². The zero-order valence-electron chi connectivity index (χ0n) is 11.8. The molecule has 104 valence electrons. The fourth-order valence-electron chi connectivity index (χ4n) is 2.20. The van der Waals surface area contributed by atoms with E-state index >= 15 is 0 Å². The van der Waals surface area contributed by atoms with E-state index in [-0.39, 0.29) is 0 Å². The number of rotatable bonds is 6. The Morgan fingerprint density at radius 2 is 2.16 bits per heavy atom. The maximum atomic E-state index is 5.63. The predicted molar refractivity (Wildman–Crippen MR) is 81.5 cm³/mol. The minimum absolute atomic E-state index is 0.658.